The van der Waals surface area contributed by atoms with Crippen LogP contribution in [0.5, 0.6) is 0 Å². The van der Waals surface area contributed by atoms with Crippen molar-refractivity contribution in [3.63, 3.8) is 0 Å². The van der Waals surface area contributed by atoms with Gasteiger partial charge in [-0.2, -0.15) is 0 Å². The van der Waals surface area contributed by atoms with E-state index in [2.05, 4.69) is 20.5 Å². The standard InChI is InChI=1S/C9H15N5O2S/c1-16-8(15)6-2-3-14(4-6)5-7-12-13-9(11-10)17-7/h6H,2-5,10H2,1H3,(H,11,13). The molecule has 1 aliphatic heterocycles. The Kier molecular flexibility index (Phi) is 3.87. The minimum Gasteiger partial charge on any atom is -0.469 e. The molecule has 0 bridgehead atoms. The zero-order valence-electron chi connectivity index (χ0n) is 9.55. The Bertz CT molecular complexity index is 396. The molecule has 1 saturated heterocycles. The van der Waals surface area contributed by atoms with Gasteiger partial charge in [-0.3, -0.25) is 15.1 Å². The van der Waals surface area contributed by atoms with E-state index in [1.165, 1.54) is 18.4 Å². The Hall–Kier alpha value is -1.25. The van der Waals surface area contributed by atoms with Crippen LogP contribution in [0.4, 0.5) is 5.13 Å². The first kappa shape index (κ1) is 12.2. The van der Waals surface area contributed by atoms with Crippen molar-refractivity contribution in [2.24, 2.45) is 11.8 Å². The van der Waals surface area contributed by atoms with E-state index in [1.54, 1.807) is 0 Å². The maximum atomic E-state index is 11.4. The molecule has 2 rings (SSSR count). The highest BCUT2D eigenvalue weighted by molar-refractivity contribution is 7.15. The molecule has 0 saturated carbocycles. The normalized spacial score (nSPS) is 20.5. The summed E-state index contributed by atoms with van der Waals surface area (Å²) in [7, 11) is 1.43. The second kappa shape index (κ2) is 5.39. The Balaban J connectivity index is 1.87. The van der Waals surface area contributed by atoms with Crippen molar-refractivity contribution < 1.29 is 9.53 Å². The van der Waals surface area contributed by atoms with E-state index in [9.17, 15) is 4.79 Å². The van der Waals surface area contributed by atoms with Gasteiger partial charge in [0.05, 0.1) is 19.6 Å². The molecule has 1 atom stereocenters. The maximum absolute atomic E-state index is 11.4. The van der Waals surface area contributed by atoms with Crippen LogP contribution in [0.1, 0.15) is 11.4 Å². The number of carbonyl (C=O) groups excluding carboxylic acids is 1. The van der Waals surface area contributed by atoms with Crippen molar-refractivity contribution in [1.82, 2.24) is 15.1 Å². The fourth-order valence-corrected chi connectivity index (χ4v) is 2.59. The topological polar surface area (TPSA) is 93.4 Å². The number of methoxy groups -OCH3 is 1. The first-order valence-electron chi connectivity index (χ1n) is 5.32. The number of anilines is 1. The molecule has 1 unspecified atom stereocenters. The summed E-state index contributed by atoms with van der Waals surface area (Å²) < 4.78 is 4.74. The first-order chi connectivity index (χ1) is 8.22. The molecule has 8 heteroatoms. The van der Waals surface area contributed by atoms with Crippen molar-refractivity contribution in [3.05, 3.63) is 5.01 Å². The number of hydrogen-bond acceptors (Lipinski definition) is 8. The van der Waals surface area contributed by atoms with Gasteiger partial charge >= 0.3 is 5.97 Å². The Labute approximate surface area is 103 Å². The van der Waals surface area contributed by atoms with Crippen molar-refractivity contribution in [3.8, 4) is 0 Å². The third-order valence-electron chi connectivity index (χ3n) is 2.76. The minimum absolute atomic E-state index is 0.0139. The number of nitrogens with zero attached hydrogens (tertiary/aromatic N) is 3. The Morgan fingerprint density at radius 3 is 3.18 bits per heavy atom. The number of likely N-dealkylation sites (tertiary alicyclic amines) is 1. The summed E-state index contributed by atoms with van der Waals surface area (Å²) in [6.45, 7) is 2.30. The monoisotopic (exact) mass is 257 g/mol. The average molecular weight is 257 g/mol. The zero-order chi connectivity index (χ0) is 12.3. The lowest BCUT2D eigenvalue weighted by Crippen LogP contribution is -2.23. The quantitative estimate of drug-likeness (QED) is 0.439. The highest BCUT2D eigenvalue weighted by Gasteiger charge is 2.29. The van der Waals surface area contributed by atoms with E-state index in [0.29, 0.717) is 11.7 Å². The smallest absolute Gasteiger partial charge is 0.310 e. The fourth-order valence-electron chi connectivity index (χ4n) is 1.90. The molecule has 0 amide bonds. The summed E-state index contributed by atoms with van der Waals surface area (Å²) >= 11 is 1.42. The van der Waals surface area contributed by atoms with E-state index in [1.807, 2.05) is 0 Å². The molecular formula is C9H15N5O2S. The van der Waals surface area contributed by atoms with Gasteiger partial charge in [-0.25, -0.2) is 5.84 Å². The third kappa shape index (κ3) is 2.90. The van der Waals surface area contributed by atoms with Crippen molar-refractivity contribution in [1.29, 1.82) is 0 Å². The zero-order valence-corrected chi connectivity index (χ0v) is 10.4. The second-order valence-corrected chi connectivity index (χ2v) is 4.95. The minimum atomic E-state index is -0.130. The summed E-state index contributed by atoms with van der Waals surface area (Å²) in [6.07, 6.45) is 0.841. The summed E-state index contributed by atoms with van der Waals surface area (Å²) in [6, 6.07) is 0. The number of carbonyl (C=O) groups is 1. The third-order valence-corrected chi connectivity index (χ3v) is 3.60. The van der Waals surface area contributed by atoms with Crippen LogP contribution in [0.15, 0.2) is 0 Å². The fraction of sp³-hybridized carbons (Fsp3) is 0.667. The number of hydrogen-bond donors (Lipinski definition) is 2. The summed E-state index contributed by atoms with van der Waals surface area (Å²) in [4.78, 5) is 13.5. The summed E-state index contributed by atoms with van der Waals surface area (Å²) in [5.74, 6) is 5.09. The lowest BCUT2D eigenvalue weighted by molar-refractivity contribution is -0.144. The van der Waals surface area contributed by atoms with Gasteiger partial charge in [-0.15, -0.1) is 10.2 Å². The molecule has 3 N–H and O–H groups in total. The highest BCUT2D eigenvalue weighted by Crippen LogP contribution is 2.22. The van der Waals surface area contributed by atoms with Crippen LogP contribution in [0.3, 0.4) is 0 Å². The Morgan fingerprint density at radius 1 is 1.71 bits per heavy atom. The van der Waals surface area contributed by atoms with E-state index < -0.39 is 0 Å². The van der Waals surface area contributed by atoms with Crippen LogP contribution >= 0.6 is 11.3 Å². The van der Waals surface area contributed by atoms with E-state index in [4.69, 9.17) is 10.6 Å². The molecule has 1 aliphatic rings. The number of hydrazine groups is 1. The van der Waals surface area contributed by atoms with E-state index in [-0.39, 0.29) is 11.9 Å². The van der Waals surface area contributed by atoms with Crippen LogP contribution < -0.4 is 11.3 Å². The number of nitrogens with two attached hydrogens (primary N) is 1. The van der Waals surface area contributed by atoms with Crippen LogP contribution in [-0.4, -0.2) is 41.3 Å². The van der Waals surface area contributed by atoms with Gasteiger partial charge in [0.1, 0.15) is 5.01 Å². The van der Waals surface area contributed by atoms with Gasteiger partial charge in [0.2, 0.25) is 5.13 Å². The van der Waals surface area contributed by atoms with Crippen molar-refractivity contribution >= 4 is 22.4 Å². The predicted molar refractivity (Wildman–Crippen MR) is 63.1 cm³/mol. The maximum Gasteiger partial charge on any atom is 0.310 e. The molecule has 94 valence electrons. The summed E-state index contributed by atoms with van der Waals surface area (Å²) in [5, 5.41) is 9.36. The molecule has 17 heavy (non-hydrogen) atoms. The summed E-state index contributed by atoms with van der Waals surface area (Å²) in [5.41, 5.74) is 2.46. The van der Waals surface area contributed by atoms with Gasteiger partial charge in [0, 0.05) is 6.54 Å². The molecule has 0 radical (unpaired) electrons. The Morgan fingerprint density at radius 2 is 2.53 bits per heavy atom. The van der Waals surface area contributed by atoms with Gasteiger partial charge < -0.3 is 4.74 Å². The molecular weight excluding hydrogens is 242 g/mol. The molecule has 1 aromatic heterocycles. The van der Waals surface area contributed by atoms with Crippen LogP contribution in [0.2, 0.25) is 0 Å². The number of esters is 1. The van der Waals surface area contributed by atoms with Gasteiger partial charge in [0.15, 0.2) is 0 Å². The van der Waals surface area contributed by atoms with Crippen LogP contribution in [0.25, 0.3) is 0 Å². The van der Waals surface area contributed by atoms with Gasteiger partial charge in [-0.05, 0) is 13.0 Å². The molecule has 0 aliphatic carbocycles. The first-order valence-corrected chi connectivity index (χ1v) is 6.13. The lowest BCUT2D eigenvalue weighted by atomic mass is 10.1. The molecule has 2 heterocycles. The van der Waals surface area contributed by atoms with Crippen LogP contribution in [-0.2, 0) is 16.1 Å². The van der Waals surface area contributed by atoms with E-state index in [0.717, 1.165) is 24.5 Å². The lowest BCUT2D eigenvalue weighted by Gasteiger charge is -2.12. The molecule has 0 aromatic carbocycles. The number of nitrogens with one attached hydrogen (secondary N) is 1. The molecule has 1 fully saturated rings. The molecule has 0 spiro atoms. The van der Waals surface area contributed by atoms with Crippen LogP contribution in [0, 0.1) is 5.92 Å². The number of nitrogen functional groups attached to an aromatic ring is 1. The van der Waals surface area contributed by atoms with E-state index >= 15 is 0 Å². The molecule has 7 nitrogen and oxygen atoms in total. The molecule has 1 aromatic rings. The number of rotatable bonds is 4. The van der Waals surface area contributed by atoms with Gasteiger partial charge in [-0.1, -0.05) is 11.3 Å². The van der Waals surface area contributed by atoms with Gasteiger partial charge in [0.25, 0.3) is 0 Å². The highest BCUT2D eigenvalue weighted by atomic mass is 32.1. The predicted octanol–water partition coefficient (Wildman–Crippen LogP) is -0.181. The van der Waals surface area contributed by atoms with Crippen molar-refractivity contribution in [2.75, 3.05) is 25.6 Å². The SMILES string of the molecule is COC(=O)C1CCN(Cc2nnc(NN)s2)C1. The largest absolute Gasteiger partial charge is 0.469 e. The number of aromatic nitrogens is 2. The second-order valence-electron chi connectivity index (χ2n) is 3.89. The number of ether oxygens (including phenoxy) is 1. The average Bonchev–Trinajstić information content (AvgIpc) is 2.97. The van der Waals surface area contributed by atoms with Crippen molar-refractivity contribution in [2.45, 2.75) is 13.0 Å².